The summed E-state index contributed by atoms with van der Waals surface area (Å²) in [6, 6.07) is 6.53. The van der Waals surface area contributed by atoms with Crippen molar-refractivity contribution < 1.29 is 5.11 Å². The van der Waals surface area contributed by atoms with E-state index in [9.17, 15) is 5.11 Å². The summed E-state index contributed by atoms with van der Waals surface area (Å²) >= 11 is 0. The number of nitrogens with zero attached hydrogens (tertiary/aromatic N) is 3. The molecule has 0 radical (unpaired) electrons. The molecule has 0 saturated carbocycles. The zero-order chi connectivity index (χ0) is 22.3. The number of anilines is 1. The maximum atomic E-state index is 10.2. The molecule has 1 aromatic heterocycles. The molecule has 0 aliphatic rings. The van der Waals surface area contributed by atoms with Crippen LogP contribution in [-0.2, 0) is 19.3 Å². The highest BCUT2D eigenvalue weighted by atomic mass is 16.3. The highest BCUT2D eigenvalue weighted by Gasteiger charge is 2.22. The van der Waals surface area contributed by atoms with Crippen molar-refractivity contribution in [1.82, 2.24) is 9.97 Å². The van der Waals surface area contributed by atoms with Gasteiger partial charge in [-0.2, -0.15) is 0 Å². The number of hydrogen-bond donors (Lipinski definition) is 1. The predicted molar refractivity (Wildman–Crippen MR) is 128 cm³/mol. The zero-order valence-electron chi connectivity index (χ0n) is 20.1. The van der Waals surface area contributed by atoms with E-state index in [1.807, 2.05) is 6.92 Å². The summed E-state index contributed by atoms with van der Waals surface area (Å²) < 4.78 is 0. The second-order valence-corrected chi connectivity index (χ2v) is 8.50. The Bertz CT molecular complexity index is 788. The molecule has 4 heteroatoms. The van der Waals surface area contributed by atoms with Gasteiger partial charge in [-0.1, -0.05) is 52.8 Å². The smallest absolute Gasteiger partial charge is 0.160 e. The molecule has 1 heterocycles. The summed E-state index contributed by atoms with van der Waals surface area (Å²) in [5.41, 5.74) is 7.08. The fourth-order valence-electron chi connectivity index (χ4n) is 4.17. The highest BCUT2D eigenvalue weighted by Crippen LogP contribution is 2.32. The third kappa shape index (κ3) is 5.60. The molecule has 0 amide bonds. The monoisotopic (exact) mass is 411 g/mol. The highest BCUT2D eigenvalue weighted by molar-refractivity contribution is 5.68. The van der Waals surface area contributed by atoms with E-state index >= 15 is 0 Å². The van der Waals surface area contributed by atoms with E-state index < -0.39 is 0 Å². The minimum absolute atomic E-state index is 0.142. The Balaban J connectivity index is 2.71. The minimum atomic E-state index is -0.364. The number of aliphatic hydroxyl groups is 1. The van der Waals surface area contributed by atoms with E-state index in [1.165, 1.54) is 22.4 Å². The summed E-state index contributed by atoms with van der Waals surface area (Å²) in [4.78, 5) is 12.6. The number of rotatable bonds is 11. The van der Waals surface area contributed by atoms with Crippen LogP contribution in [0, 0.1) is 12.8 Å². The van der Waals surface area contributed by atoms with Crippen LogP contribution in [-0.4, -0.2) is 34.3 Å². The molecule has 0 aliphatic carbocycles. The lowest BCUT2D eigenvalue weighted by molar-refractivity contribution is 0.134. The second kappa shape index (κ2) is 11.5. The van der Waals surface area contributed by atoms with Crippen LogP contribution in [0.1, 0.15) is 76.9 Å². The molecule has 0 aliphatic heterocycles. The van der Waals surface area contributed by atoms with Crippen LogP contribution in [0.2, 0.25) is 0 Å². The molecule has 1 N–H and O–H groups in total. The number of aliphatic hydroxyl groups excluding tert-OH is 1. The Kier molecular flexibility index (Phi) is 9.29. The lowest BCUT2D eigenvalue weighted by Crippen LogP contribution is -2.29. The third-order valence-corrected chi connectivity index (χ3v) is 6.00. The van der Waals surface area contributed by atoms with E-state index in [1.54, 1.807) is 0 Å². The number of aryl methyl sites for hydroxylation is 3. The van der Waals surface area contributed by atoms with Crippen LogP contribution in [0.4, 0.5) is 5.69 Å². The molecule has 166 valence electrons. The topological polar surface area (TPSA) is 49.2 Å². The first kappa shape index (κ1) is 24.3. The van der Waals surface area contributed by atoms with Gasteiger partial charge in [0.15, 0.2) is 5.82 Å². The SMILES string of the molecule is CCCN(CCC)c1c(C)nc(-c2c(CC)cccc2CC)nc1C[C@@H](C)[C@@H](C)O. The summed E-state index contributed by atoms with van der Waals surface area (Å²) in [5.74, 6) is 0.981. The normalized spacial score (nSPS) is 13.3. The quantitative estimate of drug-likeness (QED) is 0.510. The van der Waals surface area contributed by atoms with Crippen LogP contribution in [0.3, 0.4) is 0 Å². The molecule has 0 saturated heterocycles. The van der Waals surface area contributed by atoms with Crippen molar-refractivity contribution in [2.45, 2.75) is 86.7 Å². The van der Waals surface area contributed by atoms with Crippen molar-refractivity contribution in [2.24, 2.45) is 5.92 Å². The van der Waals surface area contributed by atoms with E-state index in [2.05, 4.69) is 64.6 Å². The molecule has 0 fully saturated rings. The molecule has 0 unspecified atom stereocenters. The standard InChI is InChI=1S/C26H41N3O/c1-8-15-29(16-9-2)25-19(6)27-26(28-23(25)17-18(5)20(7)30)24-21(10-3)13-12-14-22(24)11-4/h12-14,18,20,30H,8-11,15-17H2,1-7H3/t18-,20-/m1/s1. The Labute approximate surface area is 183 Å². The first-order chi connectivity index (χ1) is 14.4. The zero-order valence-corrected chi connectivity index (χ0v) is 20.1. The van der Waals surface area contributed by atoms with Gasteiger partial charge in [-0.25, -0.2) is 9.97 Å². The first-order valence-corrected chi connectivity index (χ1v) is 11.8. The maximum absolute atomic E-state index is 10.2. The van der Waals surface area contributed by atoms with Crippen molar-refractivity contribution in [3.05, 3.63) is 40.7 Å². The van der Waals surface area contributed by atoms with E-state index in [-0.39, 0.29) is 12.0 Å². The fourth-order valence-corrected chi connectivity index (χ4v) is 4.17. The van der Waals surface area contributed by atoms with Gasteiger partial charge < -0.3 is 10.0 Å². The van der Waals surface area contributed by atoms with Crippen molar-refractivity contribution in [3.63, 3.8) is 0 Å². The lowest BCUT2D eigenvalue weighted by Gasteiger charge is -2.29. The molecule has 2 aromatic rings. The fraction of sp³-hybridized carbons (Fsp3) is 0.615. The predicted octanol–water partition coefficient (Wildman–Crippen LogP) is 5.76. The van der Waals surface area contributed by atoms with Gasteiger partial charge in [0.1, 0.15) is 0 Å². The third-order valence-electron chi connectivity index (χ3n) is 6.00. The number of benzene rings is 1. The molecule has 30 heavy (non-hydrogen) atoms. The molecular weight excluding hydrogens is 370 g/mol. The van der Waals surface area contributed by atoms with Gasteiger partial charge in [0.25, 0.3) is 0 Å². The first-order valence-electron chi connectivity index (χ1n) is 11.8. The van der Waals surface area contributed by atoms with E-state index in [0.29, 0.717) is 0 Å². The molecular formula is C26H41N3O. The molecule has 2 atom stereocenters. The number of hydrogen-bond acceptors (Lipinski definition) is 4. The van der Waals surface area contributed by atoms with E-state index in [4.69, 9.17) is 9.97 Å². The van der Waals surface area contributed by atoms with Gasteiger partial charge >= 0.3 is 0 Å². The van der Waals surface area contributed by atoms with Crippen molar-refractivity contribution >= 4 is 5.69 Å². The Hall–Kier alpha value is -1.94. The van der Waals surface area contributed by atoms with Gasteiger partial charge in [-0.3, -0.25) is 0 Å². The van der Waals surface area contributed by atoms with Crippen LogP contribution >= 0.6 is 0 Å². The van der Waals surface area contributed by atoms with Crippen LogP contribution in [0.15, 0.2) is 18.2 Å². The summed E-state index contributed by atoms with van der Waals surface area (Å²) in [6.07, 6.45) is 4.49. The number of aromatic nitrogens is 2. The van der Waals surface area contributed by atoms with Crippen molar-refractivity contribution in [3.8, 4) is 11.4 Å². The van der Waals surface area contributed by atoms with Crippen LogP contribution < -0.4 is 4.90 Å². The average molecular weight is 412 g/mol. The lowest BCUT2D eigenvalue weighted by atomic mass is 9.95. The minimum Gasteiger partial charge on any atom is -0.393 e. The van der Waals surface area contributed by atoms with Gasteiger partial charge in [0.05, 0.1) is 23.2 Å². The summed E-state index contributed by atoms with van der Waals surface area (Å²) in [7, 11) is 0. The Morgan fingerprint density at radius 2 is 1.50 bits per heavy atom. The summed E-state index contributed by atoms with van der Waals surface area (Å²) in [5, 5.41) is 10.2. The molecule has 0 bridgehead atoms. The summed E-state index contributed by atoms with van der Waals surface area (Å²) in [6.45, 7) is 16.9. The van der Waals surface area contributed by atoms with Gasteiger partial charge in [-0.05, 0) is 63.0 Å². The second-order valence-electron chi connectivity index (χ2n) is 8.50. The van der Waals surface area contributed by atoms with Crippen LogP contribution in [0.5, 0.6) is 0 Å². The van der Waals surface area contributed by atoms with Crippen molar-refractivity contribution in [2.75, 3.05) is 18.0 Å². The molecule has 2 rings (SSSR count). The van der Waals surface area contributed by atoms with Crippen LogP contribution in [0.25, 0.3) is 11.4 Å². The van der Waals surface area contributed by atoms with E-state index in [0.717, 1.165) is 62.4 Å². The average Bonchev–Trinajstić information content (AvgIpc) is 2.72. The molecule has 1 aromatic carbocycles. The van der Waals surface area contributed by atoms with Gasteiger partial charge in [0, 0.05) is 18.7 Å². The Morgan fingerprint density at radius 3 is 1.97 bits per heavy atom. The Morgan fingerprint density at radius 1 is 0.933 bits per heavy atom. The van der Waals surface area contributed by atoms with Gasteiger partial charge in [0.2, 0.25) is 0 Å². The van der Waals surface area contributed by atoms with Crippen molar-refractivity contribution in [1.29, 1.82) is 0 Å². The molecule has 4 nitrogen and oxygen atoms in total. The molecule has 0 spiro atoms. The maximum Gasteiger partial charge on any atom is 0.160 e. The largest absolute Gasteiger partial charge is 0.393 e. The van der Waals surface area contributed by atoms with Gasteiger partial charge in [-0.15, -0.1) is 0 Å².